The molecule has 2 fully saturated rings. The molecule has 1 aliphatic carbocycles. The second kappa shape index (κ2) is 8.24. The van der Waals surface area contributed by atoms with Crippen molar-refractivity contribution in [3.05, 3.63) is 35.9 Å². The number of likely N-dealkylation sites (tertiary alicyclic amines) is 1. The maximum Gasteiger partial charge on any atom is 0.146 e. The highest BCUT2D eigenvalue weighted by atomic mass is 16.5. The molecule has 1 saturated carbocycles. The lowest BCUT2D eigenvalue weighted by Crippen LogP contribution is -2.38. The Morgan fingerprint density at radius 2 is 1.72 bits per heavy atom. The largest absolute Gasteiger partial charge is 0.373 e. The fourth-order valence-corrected chi connectivity index (χ4v) is 3.96. The lowest BCUT2D eigenvalue weighted by atomic mass is 9.82. The molecule has 0 amide bonds. The van der Waals surface area contributed by atoms with Gasteiger partial charge in [-0.3, -0.25) is 9.59 Å². The summed E-state index contributed by atoms with van der Waals surface area (Å²) in [5, 5.41) is 0. The molecule has 0 aromatic heterocycles. The zero-order valence-corrected chi connectivity index (χ0v) is 15.2. The molecule has 1 aromatic rings. The number of ketones is 2. The van der Waals surface area contributed by atoms with Crippen LogP contribution in [0.15, 0.2) is 30.3 Å². The number of hydrogen-bond donors (Lipinski definition) is 0. The van der Waals surface area contributed by atoms with Gasteiger partial charge in [-0.25, -0.2) is 0 Å². The van der Waals surface area contributed by atoms with E-state index < -0.39 is 5.41 Å². The summed E-state index contributed by atoms with van der Waals surface area (Å²) < 4.78 is 6.03. The summed E-state index contributed by atoms with van der Waals surface area (Å²) in [5.41, 5.74) is 0.529. The molecule has 25 heavy (non-hydrogen) atoms. The molecule has 0 radical (unpaired) electrons. The van der Waals surface area contributed by atoms with Crippen molar-refractivity contribution in [3.63, 3.8) is 0 Å². The average Bonchev–Trinajstić information content (AvgIpc) is 2.89. The van der Waals surface area contributed by atoms with E-state index in [0.29, 0.717) is 32.0 Å². The van der Waals surface area contributed by atoms with Crippen LogP contribution in [0.2, 0.25) is 0 Å². The second-order valence-electron chi connectivity index (χ2n) is 7.62. The van der Waals surface area contributed by atoms with Gasteiger partial charge in [0, 0.05) is 25.9 Å². The summed E-state index contributed by atoms with van der Waals surface area (Å²) in [4.78, 5) is 26.4. The number of ether oxygens (including phenoxy) is 1. The predicted octanol–water partition coefficient (Wildman–Crippen LogP) is 3.39. The van der Waals surface area contributed by atoms with Crippen LogP contribution < -0.4 is 0 Å². The first-order valence-electron chi connectivity index (χ1n) is 9.52. The van der Waals surface area contributed by atoms with Crippen LogP contribution >= 0.6 is 0 Å². The number of benzene rings is 1. The van der Waals surface area contributed by atoms with Crippen molar-refractivity contribution < 1.29 is 14.3 Å². The molecule has 0 atom stereocenters. The van der Waals surface area contributed by atoms with Crippen molar-refractivity contribution in [2.45, 2.75) is 58.2 Å². The van der Waals surface area contributed by atoms with E-state index >= 15 is 0 Å². The molecule has 4 heteroatoms. The van der Waals surface area contributed by atoms with Gasteiger partial charge >= 0.3 is 0 Å². The minimum atomic E-state index is -0.697. The summed E-state index contributed by atoms with van der Waals surface area (Å²) in [6.45, 7) is 5.58. The molecule has 0 spiro atoms. The van der Waals surface area contributed by atoms with E-state index in [1.807, 2.05) is 25.1 Å². The van der Waals surface area contributed by atoms with Gasteiger partial charge in [0.05, 0.1) is 18.1 Å². The highest BCUT2D eigenvalue weighted by Gasteiger charge is 2.44. The van der Waals surface area contributed by atoms with Gasteiger partial charge in [-0.15, -0.1) is 0 Å². The van der Waals surface area contributed by atoms with Crippen molar-refractivity contribution in [2.24, 2.45) is 5.41 Å². The molecule has 3 rings (SSSR count). The minimum Gasteiger partial charge on any atom is -0.373 e. The number of Topliss-reactive ketones (excluding diaryl/α,β-unsaturated/α-hetero) is 2. The monoisotopic (exact) mass is 343 g/mol. The van der Waals surface area contributed by atoms with E-state index in [2.05, 4.69) is 17.0 Å². The zero-order valence-electron chi connectivity index (χ0n) is 15.2. The van der Waals surface area contributed by atoms with Crippen LogP contribution in [0, 0.1) is 5.41 Å². The Morgan fingerprint density at radius 3 is 2.36 bits per heavy atom. The topological polar surface area (TPSA) is 46.6 Å². The summed E-state index contributed by atoms with van der Waals surface area (Å²) in [7, 11) is 0. The van der Waals surface area contributed by atoms with Crippen LogP contribution in [0.5, 0.6) is 0 Å². The van der Waals surface area contributed by atoms with Crippen LogP contribution in [0.3, 0.4) is 0 Å². The molecule has 0 unspecified atom stereocenters. The summed E-state index contributed by atoms with van der Waals surface area (Å²) in [5.74, 6) is 0.288. The van der Waals surface area contributed by atoms with E-state index in [1.54, 1.807) is 0 Å². The minimum absolute atomic E-state index is 0.144. The molecular weight excluding hydrogens is 314 g/mol. The van der Waals surface area contributed by atoms with E-state index in [4.69, 9.17) is 4.74 Å². The average molecular weight is 343 g/mol. The van der Waals surface area contributed by atoms with E-state index in [9.17, 15) is 9.59 Å². The van der Waals surface area contributed by atoms with Gasteiger partial charge < -0.3 is 9.64 Å². The fraction of sp³-hybridized carbons (Fsp3) is 0.619. The Morgan fingerprint density at radius 1 is 1.08 bits per heavy atom. The summed E-state index contributed by atoms with van der Waals surface area (Å²) in [6.07, 6.45) is 4.97. The third-order valence-corrected chi connectivity index (χ3v) is 5.82. The first-order valence-corrected chi connectivity index (χ1v) is 9.52. The maximum atomic E-state index is 12.0. The van der Waals surface area contributed by atoms with Crippen LogP contribution in [-0.2, 0) is 20.9 Å². The van der Waals surface area contributed by atoms with Gasteiger partial charge in [0.2, 0.25) is 0 Å². The van der Waals surface area contributed by atoms with Gasteiger partial charge in [0.15, 0.2) is 0 Å². The lowest BCUT2D eigenvalue weighted by Gasteiger charge is -2.32. The lowest BCUT2D eigenvalue weighted by molar-refractivity contribution is -0.134. The van der Waals surface area contributed by atoms with Crippen molar-refractivity contribution in [1.29, 1.82) is 0 Å². The Bertz CT molecular complexity index is 574. The van der Waals surface area contributed by atoms with Crippen molar-refractivity contribution in [3.8, 4) is 0 Å². The first-order chi connectivity index (χ1) is 12.1. The molecule has 136 valence electrons. The standard InChI is InChI=1S/C21H29NO3/c1-21(19(23)8-9-20(21)24)12-5-13-22-14-10-18(11-15-22)25-16-17-6-3-2-4-7-17/h2-4,6-7,18H,5,8-16H2,1H3. The van der Waals surface area contributed by atoms with E-state index in [1.165, 1.54) is 5.56 Å². The van der Waals surface area contributed by atoms with Gasteiger partial charge in [-0.2, -0.15) is 0 Å². The first kappa shape index (κ1) is 18.3. The quantitative estimate of drug-likeness (QED) is 0.712. The van der Waals surface area contributed by atoms with Crippen molar-refractivity contribution in [1.82, 2.24) is 4.90 Å². The third-order valence-electron chi connectivity index (χ3n) is 5.82. The Kier molecular flexibility index (Phi) is 6.02. The van der Waals surface area contributed by atoms with Crippen LogP contribution in [0.25, 0.3) is 0 Å². The van der Waals surface area contributed by atoms with Gasteiger partial charge in [-0.1, -0.05) is 30.3 Å². The predicted molar refractivity (Wildman–Crippen MR) is 97.3 cm³/mol. The SMILES string of the molecule is CC1(CCCN2CCC(OCc3ccccc3)CC2)C(=O)CCC1=O. The number of piperidine rings is 1. The second-order valence-corrected chi connectivity index (χ2v) is 7.62. The zero-order chi connectivity index (χ0) is 17.7. The van der Waals surface area contributed by atoms with Gasteiger partial charge in [0.1, 0.15) is 11.6 Å². The molecule has 4 nitrogen and oxygen atoms in total. The van der Waals surface area contributed by atoms with Gasteiger partial charge in [0.25, 0.3) is 0 Å². The highest BCUT2D eigenvalue weighted by molar-refractivity contribution is 6.12. The van der Waals surface area contributed by atoms with Crippen molar-refractivity contribution >= 4 is 11.6 Å². The summed E-state index contributed by atoms with van der Waals surface area (Å²) in [6, 6.07) is 10.3. The Hall–Kier alpha value is -1.52. The fourth-order valence-electron chi connectivity index (χ4n) is 3.96. The van der Waals surface area contributed by atoms with Crippen molar-refractivity contribution in [2.75, 3.05) is 19.6 Å². The molecule has 1 aliphatic heterocycles. The number of hydrogen-bond acceptors (Lipinski definition) is 4. The van der Waals surface area contributed by atoms with E-state index in [0.717, 1.165) is 38.9 Å². The molecule has 0 bridgehead atoms. The third kappa shape index (κ3) is 4.56. The van der Waals surface area contributed by atoms with Gasteiger partial charge in [-0.05, 0) is 44.7 Å². The number of carbonyl (C=O) groups excluding carboxylic acids is 2. The maximum absolute atomic E-state index is 12.0. The molecule has 1 heterocycles. The molecular formula is C21H29NO3. The summed E-state index contributed by atoms with van der Waals surface area (Å²) >= 11 is 0. The highest BCUT2D eigenvalue weighted by Crippen LogP contribution is 2.35. The number of rotatable bonds is 7. The number of carbonyl (C=O) groups is 2. The molecule has 0 N–H and O–H groups in total. The van der Waals surface area contributed by atoms with Crippen LogP contribution in [0.4, 0.5) is 0 Å². The normalized spacial score (nSPS) is 21.8. The Labute approximate surface area is 150 Å². The molecule has 2 aliphatic rings. The number of nitrogens with zero attached hydrogens (tertiary/aromatic N) is 1. The van der Waals surface area contributed by atoms with E-state index in [-0.39, 0.29) is 11.6 Å². The molecule has 1 saturated heterocycles. The molecule has 1 aromatic carbocycles. The van der Waals surface area contributed by atoms with Crippen LogP contribution in [0.1, 0.15) is 51.0 Å². The Balaban J connectivity index is 1.34. The smallest absolute Gasteiger partial charge is 0.146 e. The van der Waals surface area contributed by atoms with Crippen LogP contribution in [-0.4, -0.2) is 42.2 Å².